The summed E-state index contributed by atoms with van der Waals surface area (Å²) in [7, 11) is -3.67. The van der Waals surface area contributed by atoms with Crippen molar-refractivity contribution in [2.75, 3.05) is 24.2 Å². The van der Waals surface area contributed by atoms with E-state index in [4.69, 9.17) is 0 Å². The van der Waals surface area contributed by atoms with E-state index in [0.29, 0.717) is 18.8 Å². The molecular weight excluding hydrogens is 642 g/mol. The third-order valence-electron chi connectivity index (χ3n) is 7.24. The number of piperidine rings is 1. The SMILES string of the molecule is Cc1cccc(NC(=O)CSc2nnc(CNC(=O)c3ccc(S(=O)(=O)N4CCCCC4)cc3)n2-c2cccc(C(F)(F)F)c2)c1. The Morgan fingerprint density at radius 3 is 2.35 bits per heavy atom. The van der Waals surface area contributed by atoms with Crippen LogP contribution in [0.3, 0.4) is 0 Å². The first-order valence-electron chi connectivity index (χ1n) is 14.4. The van der Waals surface area contributed by atoms with Crippen LogP contribution in [0.4, 0.5) is 18.9 Å². The molecule has 1 aliphatic heterocycles. The van der Waals surface area contributed by atoms with Crippen molar-refractivity contribution in [3.05, 3.63) is 95.3 Å². The number of alkyl halides is 3. The summed E-state index contributed by atoms with van der Waals surface area (Å²) < 4.78 is 69.4. The van der Waals surface area contributed by atoms with E-state index >= 15 is 0 Å². The van der Waals surface area contributed by atoms with Gasteiger partial charge in [-0.3, -0.25) is 14.2 Å². The molecule has 0 saturated carbocycles. The summed E-state index contributed by atoms with van der Waals surface area (Å²) in [4.78, 5) is 25.7. The van der Waals surface area contributed by atoms with Crippen molar-refractivity contribution in [1.82, 2.24) is 24.4 Å². The lowest BCUT2D eigenvalue weighted by Gasteiger charge is -2.25. The number of anilines is 1. The van der Waals surface area contributed by atoms with Crippen molar-refractivity contribution in [3.8, 4) is 5.69 Å². The lowest BCUT2D eigenvalue weighted by Crippen LogP contribution is -2.35. The zero-order valence-corrected chi connectivity index (χ0v) is 26.4. The molecule has 15 heteroatoms. The lowest BCUT2D eigenvalue weighted by molar-refractivity contribution is -0.137. The van der Waals surface area contributed by atoms with Crippen LogP contribution in [0.25, 0.3) is 5.69 Å². The molecule has 2 heterocycles. The minimum atomic E-state index is -4.60. The highest BCUT2D eigenvalue weighted by molar-refractivity contribution is 7.99. The van der Waals surface area contributed by atoms with E-state index in [9.17, 15) is 31.2 Å². The normalized spacial score (nSPS) is 14.2. The predicted molar refractivity (Wildman–Crippen MR) is 167 cm³/mol. The molecule has 3 aromatic carbocycles. The molecule has 0 spiro atoms. The zero-order valence-electron chi connectivity index (χ0n) is 24.8. The number of carbonyl (C=O) groups is 2. The van der Waals surface area contributed by atoms with E-state index in [0.717, 1.165) is 48.7 Å². The molecule has 1 fully saturated rings. The van der Waals surface area contributed by atoms with Gasteiger partial charge in [0.05, 0.1) is 28.4 Å². The Morgan fingerprint density at radius 2 is 1.65 bits per heavy atom. The van der Waals surface area contributed by atoms with Gasteiger partial charge >= 0.3 is 6.18 Å². The summed E-state index contributed by atoms with van der Waals surface area (Å²) >= 11 is 0.976. The second kappa shape index (κ2) is 14.1. The van der Waals surface area contributed by atoms with Gasteiger partial charge in [-0.05, 0) is 79.9 Å². The number of hydrogen-bond donors (Lipinski definition) is 2. The minimum Gasteiger partial charge on any atom is -0.345 e. The van der Waals surface area contributed by atoms with Crippen LogP contribution in [0.15, 0.2) is 82.8 Å². The van der Waals surface area contributed by atoms with Crippen LogP contribution in [0.5, 0.6) is 0 Å². The molecule has 242 valence electrons. The smallest absolute Gasteiger partial charge is 0.345 e. The van der Waals surface area contributed by atoms with Gasteiger partial charge in [0, 0.05) is 24.3 Å². The topological polar surface area (TPSA) is 126 Å². The molecule has 46 heavy (non-hydrogen) atoms. The monoisotopic (exact) mass is 672 g/mol. The van der Waals surface area contributed by atoms with Gasteiger partial charge in [0.15, 0.2) is 11.0 Å². The van der Waals surface area contributed by atoms with E-state index in [-0.39, 0.29) is 45.3 Å². The van der Waals surface area contributed by atoms with Crippen LogP contribution in [0, 0.1) is 6.92 Å². The fourth-order valence-electron chi connectivity index (χ4n) is 4.93. The number of hydrogen-bond acceptors (Lipinski definition) is 7. The van der Waals surface area contributed by atoms with Gasteiger partial charge < -0.3 is 10.6 Å². The number of carbonyl (C=O) groups excluding carboxylic acids is 2. The number of benzene rings is 3. The highest BCUT2D eigenvalue weighted by atomic mass is 32.2. The van der Waals surface area contributed by atoms with E-state index in [1.807, 2.05) is 13.0 Å². The van der Waals surface area contributed by atoms with Crippen LogP contribution in [-0.4, -0.2) is 58.1 Å². The van der Waals surface area contributed by atoms with Gasteiger partial charge in [0.2, 0.25) is 15.9 Å². The average Bonchev–Trinajstić information content (AvgIpc) is 3.45. The fraction of sp³-hybridized carbons (Fsp3) is 0.290. The van der Waals surface area contributed by atoms with Crippen molar-refractivity contribution in [1.29, 1.82) is 0 Å². The molecule has 0 atom stereocenters. The highest BCUT2D eigenvalue weighted by Gasteiger charge is 2.31. The molecule has 2 N–H and O–H groups in total. The Labute approximate surface area is 268 Å². The highest BCUT2D eigenvalue weighted by Crippen LogP contribution is 2.32. The Kier molecular flexibility index (Phi) is 10.1. The molecular formula is C31H31F3N6O4S2. The molecule has 1 aliphatic rings. The van der Waals surface area contributed by atoms with Crippen LogP contribution in [0.1, 0.15) is 46.6 Å². The molecule has 1 aromatic heterocycles. The summed E-state index contributed by atoms with van der Waals surface area (Å²) in [6, 6.07) is 17.4. The number of rotatable bonds is 10. The second-order valence-electron chi connectivity index (χ2n) is 10.7. The maximum absolute atomic E-state index is 13.6. The van der Waals surface area contributed by atoms with Gasteiger partial charge in [-0.25, -0.2) is 8.42 Å². The van der Waals surface area contributed by atoms with Gasteiger partial charge in [0.25, 0.3) is 5.91 Å². The third kappa shape index (κ3) is 7.95. The number of halogens is 3. The molecule has 4 aromatic rings. The predicted octanol–water partition coefficient (Wildman–Crippen LogP) is 5.43. The standard InChI is InChI=1S/C31H31F3N6O4S2/c1-21-7-5-9-24(17-21)36-28(41)20-45-30-38-37-27(40(30)25-10-6-8-23(18-25)31(32,33)34)19-35-29(42)22-11-13-26(14-12-22)46(43,44)39-15-3-2-4-16-39/h5-14,17-18H,2-4,15-16,19-20H2,1H3,(H,35,42)(H,36,41). The van der Waals surface area contributed by atoms with E-state index in [1.165, 1.54) is 45.3 Å². The Morgan fingerprint density at radius 1 is 0.935 bits per heavy atom. The summed E-state index contributed by atoms with van der Waals surface area (Å²) in [6.45, 7) is 2.58. The maximum atomic E-state index is 13.6. The maximum Gasteiger partial charge on any atom is 0.416 e. The third-order valence-corrected chi connectivity index (χ3v) is 10.1. The Bertz CT molecular complexity index is 1820. The van der Waals surface area contributed by atoms with E-state index < -0.39 is 27.7 Å². The molecule has 0 radical (unpaired) electrons. The number of amides is 2. The quantitative estimate of drug-likeness (QED) is 0.215. The van der Waals surface area contributed by atoms with Crippen molar-refractivity contribution in [2.45, 2.75) is 49.0 Å². The Hall–Kier alpha value is -4.21. The first kappa shape index (κ1) is 33.2. The van der Waals surface area contributed by atoms with Gasteiger partial charge in [-0.15, -0.1) is 10.2 Å². The molecule has 0 aliphatic carbocycles. The first-order chi connectivity index (χ1) is 21.9. The van der Waals surface area contributed by atoms with Crippen molar-refractivity contribution < 1.29 is 31.2 Å². The van der Waals surface area contributed by atoms with Gasteiger partial charge in [-0.1, -0.05) is 36.4 Å². The Balaban J connectivity index is 1.33. The zero-order chi connectivity index (χ0) is 32.9. The molecule has 5 rings (SSSR count). The summed E-state index contributed by atoms with van der Waals surface area (Å²) in [5.41, 5.74) is 0.954. The molecule has 1 saturated heterocycles. The van der Waals surface area contributed by atoms with Crippen molar-refractivity contribution in [3.63, 3.8) is 0 Å². The van der Waals surface area contributed by atoms with E-state index in [2.05, 4.69) is 20.8 Å². The molecule has 10 nitrogen and oxygen atoms in total. The summed E-state index contributed by atoms with van der Waals surface area (Å²) in [5, 5.41) is 13.8. The summed E-state index contributed by atoms with van der Waals surface area (Å²) in [6.07, 6.45) is -2.03. The van der Waals surface area contributed by atoms with Crippen LogP contribution >= 0.6 is 11.8 Å². The van der Waals surface area contributed by atoms with Crippen molar-refractivity contribution >= 4 is 39.3 Å². The van der Waals surface area contributed by atoms with Crippen LogP contribution in [0.2, 0.25) is 0 Å². The number of aromatic nitrogens is 3. The van der Waals surface area contributed by atoms with Gasteiger partial charge in [0.1, 0.15) is 0 Å². The van der Waals surface area contributed by atoms with Crippen molar-refractivity contribution in [2.24, 2.45) is 0 Å². The summed E-state index contributed by atoms with van der Waals surface area (Å²) in [5.74, 6) is -0.884. The van der Waals surface area contributed by atoms with Crippen LogP contribution in [-0.2, 0) is 27.5 Å². The largest absolute Gasteiger partial charge is 0.416 e. The number of thioether (sulfide) groups is 1. The lowest BCUT2D eigenvalue weighted by atomic mass is 10.2. The van der Waals surface area contributed by atoms with E-state index in [1.54, 1.807) is 18.2 Å². The van der Waals surface area contributed by atoms with Gasteiger partial charge in [-0.2, -0.15) is 17.5 Å². The molecule has 0 unspecified atom stereocenters. The van der Waals surface area contributed by atoms with Crippen LogP contribution < -0.4 is 10.6 Å². The second-order valence-corrected chi connectivity index (χ2v) is 13.5. The molecule has 2 amide bonds. The first-order valence-corrected chi connectivity index (χ1v) is 16.8. The number of nitrogens with zero attached hydrogens (tertiary/aromatic N) is 4. The minimum absolute atomic E-state index is 0.0864. The molecule has 0 bridgehead atoms. The number of nitrogens with one attached hydrogen (secondary N) is 2. The number of aryl methyl sites for hydroxylation is 1. The average molecular weight is 673 g/mol. The fourth-order valence-corrected chi connectivity index (χ4v) is 7.22. The number of sulfonamides is 1.